The van der Waals surface area contributed by atoms with E-state index in [1.165, 1.54) is 10.7 Å². The molecule has 2 N–H and O–H groups in total. The van der Waals surface area contributed by atoms with Crippen molar-refractivity contribution in [3.8, 4) is 11.9 Å². The standard InChI is InChI=1S/C14H13N5O/c15-8-10-7-9-3-1-2-4-11(9)17-14(10)19-6-5-12(18-19)13(16)20/h5-7H,1-4H2,(H2,16,20). The molecule has 1 amide bonds. The van der Waals surface area contributed by atoms with Crippen LogP contribution in [0.3, 0.4) is 0 Å². The lowest BCUT2D eigenvalue weighted by molar-refractivity contribution is 0.0995. The predicted octanol–water partition coefficient (Wildman–Crippen LogP) is 1.12. The van der Waals surface area contributed by atoms with Crippen LogP contribution in [0, 0.1) is 11.3 Å². The van der Waals surface area contributed by atoms with Gasteiger partial charge in [-0.25, -0.2) is 9.67 Å². The molecule has 2 aromatic rings. The van der Waals surface area contributed by atoms with Gasteiger partial charge in [0.15, 0.2) is 5.82 Å². The van der Waals surface area contributed by atoms with Gasteiger partial charge in [0.1, 0.15) is 11.8 Å². The molecule has 1 aliphatic rings. The summed E-state index contributed by atoms with van der Waals surface area (Å²) in [7, 11) is 0. The van der Waals surface area contributed by atoms with E-state index in [0.717, 1.165) is 36.9 Å². The molecule has 2 heterocycles. The van der Waals surface area contributed by atoms with Crippen LogP contribution in [0.1, 0.15) is 40.2 Å². The lowest BCUT2D eigenvalue weighted by Gasteiger charge is -2.16. The number of rotatable bonds is 2. The first-order valence-corrected chi connectivity index (χ1v) is 6.48. The van der Waals surface area contributed by atoms with Crippen molar-refractivity contribution in [2.45, 2.75) is 25.7 Å². The summed E-state index contributed by atoms with van der Waals surface area (Å²) in [5, 5.41) is 13.3. The van der Waals surface area contributed by atoms with E-state index in [4.69, 9.17) is 5.73 Å². The van der Waals surface area contributed by atoms with Gasteiger partial charge < -0.3 is 5.73 Å². The summed E-state index contributed by atoms with van der Waals surface area (Å²) in [6, 6.07) is 5.54. The Hall–Kier alpha value is -2.68. The van der Waals surface area contributed by atoms with Gasteiger partial charge in [-0.1, -0.05) is 0 Å². The van der Waals surface area contributed by atoms with Crippen LogP contribution in [0.4, 0.5) is 0 Å². The number of nitrogens with zero attached hydrogens (tertiary/aromatic N) is 4. The minimum absolute atomic E-state index is 0.161. The second-order valence-corrected chi connectivity index (χ2v) is 4.79. The Morgan fingerprint density at radius 1 is 1.40 bits per heavy atom. The van der Waals surface area contributed by atoms with E-state index in [-0.39, 0.29) is 5.69 Å². The van der Waals surface area contributed by atoms with Crippen molar-refractivity contribution in [1.29, 1.82) is 5.26 Å². The van der Waals surface area contributed by atoms with E-state index >= 15 is 0 Å². The molecule has 2 aromatic heterocycles. The van der Waals surface area contributed by atoms with Crippen molar-refractivity contribution < 1.29 is 4.79 Å². The lowest BCUT2D eigenvalue weighted by atomic mass is 9.95. The molecule has 100 valence electrons. The molecular formula is C14H13N5O. The zero-order valence-electron chi connectivity index (χ0n) is 10.8. The second-order valence-electron chi connectivity index (χ2n) is 4.79. The molecule has 6 nitrogen and oxygen atoms in total. The highest BCUT2D eigenvalue weighted by Crippen LogP contribution is 2.23. The van der Waals surface area contributed by atoms with Gasteiger partial charge >= 0.3 is 0 Å². The average molecular weight is 267 g/mol. The van der Waals surface area contributed by atoms with Crippen LogP contribution in [-0.2, 0) is 12.8 Å². The summed E-state index contributed by atoms with van der Waals surface area (Å²) >= 11 is 0. The van der Waals surface area contributed by atoms with E-state index < -0.39 is 5.91 Å². The number of aromatic nitrogens is 3. The molecule has 0 aromatic carbocycles. The van der Waals surface area contributed by atoms with Gasteiger partial charge in [-0.2, -0.15) is 10.4 Å². The smallest absolute Gasteiger partial charge is 0.269 e. The molecular weight excluding hydrogens is 254 g/mol. The second kappa shape index (κ2) is 4.78. The summed E-state index contributed by atoms with van der Waals surface area (Å²) in [4.78, 5) is 15.6. The molecule has 6 heteroatoms. The van der Waals surface area contributed by atoms with Crippen LogP contribution in [0.5, 0.6) is 0 Å². The van der Waals surface area contributed by atoms with Crippen LogP contribution in [0.25, 0.3) is 5.82 Å². The monoisotopic (exact) mass is 267 g/mol. The van der Waals surface area contributed by atoms with E-state index in [1.54, 1.807) is 6.20 Å². The SMILES string of the molecule is N#Cc1cc2c(nc1-n1ccc(C(N)=O)n1)CCCC2. The zero-order chi connectivity index (χ0) is 14.1. The van der Waals surface area contributed by atoms with E-state index in [2.05, 4.69) is 16.2 Å². The summed E-state index contributed by atoms with van der Waals surface area (Å²) in [6.45, 7) is 0. The number of amides is 1. The van der Waals surface area contributed by atoms with Crippen LogP contribution < -0.4 is 5.73 Å². The van der Waals surface area contributed by atoms with Gasteiger partial charge in [0, 0.05) is 11.9 Å². The number of fused-ring (bicyclic) bond motifs is 1. The molecule has 0 radical (unpaired) electrons. The summed E-state index contributed by atoms with van der Waals surface area (Å²) < 4.78 is 1.44. The van der Waals surface area contributed by atoms with Crippen LogP contribution in [-0.4, -0.2) is 20.7 Å². The number of primary amides is 1. The van der Waals surface area contributed by atoms with Crippen molar-refractivity contribution in [2.75, 3.05) is 0 Å². The predicted molar refractivity (Wildman–Crippen MR) is 71.2 cm³/mol. The molecule has 0 unspecified atom stereocenters. The summed E-state index contributed by atoms with van der Waals surface area (Å²) in [6.07, 6.45) is 5.71. The van der Waals surface area contributed by atoms with Crippen LogP contribution in [0.2, 0.25) is 0 Å². The van der Waals surface area contributed by atoms with Crippen molar-refractivity contribution >= 4 is 5.91 Å². The molecule has 0 saturated heterocycles. The maximum atomic E-state index is 11.1. The quantitative estimate of drug-likeness (QED) is 0.881. The Kier molecular flexibility index (Phi) is 2.95. The third-order valence-electron chi connectivity index (χ3n) is 3.46. The number of hydrogen-bond acceptors (Lipinski definition) is 4. The molecule has 0 fully saturated rings. The van der Waals surface area contributed by atoms with Crippen molar-refractivity contribution in [3.05, 3.63) is 40.8 Å². The normalized spacial score (nSPS) is 13.6. The van der Waals surface area contributed by atoms with Crippen molar-refractivity contribution in [2.24, 2.45) is 5.73 Å². The zero-order valence-corrected chi connectivity index (χ0v) is 10.8. The third-order valence-corrected chi connectivity index (χ3v) is 3.46. The molecule has 0 saturated carbocycles. The molecule has 0 aliphatic heterocycles. The lowest BCUT2D eigenvalue weighted by Crippen LogP contribution is -2.14. The van der Waals surface area contributed by atoms with Gasteiger partial charge in [0.2, 0.25) is 0 Å². The maximum Gasteiger partial charge on any atom is 0.269 e. The first-order valence-electron chi connectivity index (χ1n) is 6.48. The summed E-state index contributed by atoms with van der Waals surface area (Å²) in [5.74, 6) is -0.138. The minimum Gasteiger partial charge on any atom is -0.364 e. The van der Waals surface area contributed by atoms with Crippen molar-refractivity contribution in [3.63, 3.8) is 0 Å². The van der Waals surface area contributed by atoms with Gasteiger partial charge in [0.05, 0.1) is 5.56 Å². The van der Waals surface area contributed by atoms with Gasteiger partial charge in [-0.15, -0.1) is 0 Å². The molecule has 0 atom stereocenters. The molecule has 3 rings (SSSR count). The fourth-order valence-electron chi connectivity index (χ4n) is 2.45. The number of nitriles is 1. The first kappa shape index (κ1) is 12.4. The third kappa shape index (κ3) is 2.03. The number of aryl methyl sites for hydroxylation is 2. The minimum atomic E-state index is -0.597. The summed E-state index contributed by atoms with van der Waals surface area (Å²) in [5.41, 5.74) is 7.96. The average Bonchev–Trinajstić information content (AvgIpc) is 2.95. The molecule has 0 bridgehead atoms. The Balaban J connectivity index is 2.12. The van der Waals surface area contributed by atoms with Crippen LogP contribution in [0.15, 0.2) is 18.3 Å². The Bertz CT molecular complexity index is 726. The van der Waals surface area contributed by atoms with E-state index in [0.29, 0.717) is 11.4 Å². The van der Waals surface area contributed by atoms with E-state index in [9.17, 15) is 10.1 Å². The molecule has 1 aliphatic carbocycles. The van der Waals surface area contributed by atoms with Crippen LogP contribution >= 0.6 is 0 Å². The number of carbonyl (C=O) groups excluding carboxylic acids is 1. The van der Waals surface area contributed by atoms with E-state index in [1.807, 2.05) is 6.07 Å². The Morgan fingerprint density at radius 3 is 2.90 bits per heavy atom. The van der Waals surface area contributed by atoms with Gasteiger partial charge in [-0.3, -0.25) is 4.79 Å². The number of carbonyl (C=O) groups is 1. The fourth-order valence-corrected chi connectivity index (χ4v) is 2.45. The highest BCUT2D eigenvalue weighted by molar-refractivity contribution is 5.90. The highest BCUT2D eigenvalue weighted by Gasteiger charge is 2.17. The molecule has 20 heavy (non-hydrogen) atoms. The van der Waals surface area contributed by atoms with Crippen molar-refractivity contribution in [1.82, 2.24) is 14.8 Å². The number of pyridine rings is 1. The van der Waals surface area contributed by atoms with Gasteiger partial charge in [-0.05, 0) is 43.4 Å². The Morgan fingerprint density at radius 2 is 2.20 bits per heavy atom. The fraction of sp³-hybridized carbons (Fsp3) is 0.286. The first-order chi connectivity index (χ1) is 9.69. The number of nitrogens with two attached hydrogens (primary N) is 1. The topological polar surface area (TPSA) is 97.6 Å². The Labute approximate surface area is 115 Å². The number of hydrogen-bond donors (Lipinski definition) is 1. The maximum absolute atomic E-state index is 11.1. The highest BCUT2D eigenvalue weighted by atomic mass is 16.1. The van der Waals surface area contributed by atoms with Gasteiger partial charge in [0.25, 0.3) is 5.91 Å². The largest absolute Gasteiger partial charge is 0.364 e. The molecule has 0 spiro atoms.